The maximum absolute atomic E-state index is 13.3. The summed E-state index contributed by atoms with van der Waals surface area (Å²) in [6, 6.07) is 6.78. The Morgan fingerprint density at radius 1 is 1.16 bits per heavy atom. The van der Waals surface area contributed by atoms with Crippen molar-refractivity contribution >= 4 is 29.5 Å². The summed E-state index contributed by atoms with van der Waals surface area (Å²) < 4.78 is 0. The van der Waals surface area contributed by atoms with Gasteiger partial charge < -0.3 is 27.6 Å². The lowest BCUT2D eigenvalue weighted by Crippen LogP contribution is -2.66. The number of hydrazine groups is 1. The second kappa shape index (κ2) is 14.5. The molecule has 0 unspecified atom stereocenters. The highest BCUT2D eigenvalue weighted by Crippen LogP contribution is 2.23. The number of hydrogen-bond acceptors (Lipinski definition) is 8. The van der Waals surface area contributed by atoms with Crippen LogP contribution in [-0.4, -0.2) is 68.8 Å². The lowest BCUT2D eigenvalue weighted by atomic mass is 9.90. The van der Waals surface area contributed by atoms with Crippen LogP contribution in [0.4, 0.5) is 0 Å². The van der Waals surface area contributed by atoms with Gasteiger partial charge in [0.2, 0.25) is 5.91 Å². The zero-order valence-electron chi connectivity index (χ0n) is 21.0. The molecule has 0 aliphatic carbocycles. The number of Topliss-reactive ketones (excluding diaryl/α,β-unsaturated/α-hetero) is 1. The quantitative estimate of drug-likeness (QED) is 0.0476. The van der Waals surface area contributed by atoms with Crippen LogP contribution in [0.1, 0.15) is 51.5 Å². The van der Waals surface area contributed by atoms with Gasteiger partial charge in [-0.05, 0) is 56.5 Å². The summed E-state index contributed by atoms with van der Waals surface area (Å²) in [5, 5.41) is 22.6. The number of aliphatic carboxylic acids is 1. The molecule has 0 radical (unpaired) electrons. The third-order valence-electron chi connectivity index (χ3n) is 5.69. The van der Waals surface area contributed by atoms with E-state index < -0.39 is 46.2 Å². The van der Waals surface area contributed by atoms with Gasteiger partial charge in [0.1, 0.15) is 6.04 Å². The van der Waals surface area contributed by atoms with E-state index in [0.29, 0.717) is 12.8 Å². The Kier molecular flexibility index (Phi) is 12.1. The van der Waals surface area contributed by atoms with Gasteiger partial charge in [0.05, 0.1) is 6.04 Å². The first kappa shape index (κ1) is 31.0. The summed E-state index contributed by atoms with van der Waals surface area (Å²) in [6.45, 7) is 2.18. The number of carboxylic acids is 1. The Balaban J connectivity index is 3.13. The van der Waals surface area contributed by atoms with Crippen LogP contribution in [0.25, 0.3) is 0 Å². The first-order valence-corrected chi connectivity index (χ1v) is 11.7. The molecule has 0 saturated carbocycles. The van der Waals surface area contributed by atoms with E-state index in [2.05, 4.69) is 10.3 Å². The minimum Gasteiger partial charge on any atom is -0.479 e. The molecule has 204 valence electrons. The Hall–Kier alpha value is -4.07. The number of nitrogens with one attached hydrogen (secondary N) is 1. The van der Waals surface area contributed by atoms with Gasteiger partial charge in [-0.1, -0.05) is 30.3 Å². The average Bonchev–Trinajstić information content (AvgIpc) is 2.83. The van der Waals surface area contributed by atoms with Crippen LogP contribution in [0.5, 0.6) is 0 Å². The van der Waals surface area contributed by atoms with Gasteiger partial charge in [0.15, 0.2) is 16.8 Å². The van der Waals surface area contributed by atoms with Gasteiger partial charge in [-0.25, -0.2) is 14.9 Å². The van der Waals surface area contributed by atoms with Gasteiger partial charge in [-0.15, -0.1) is 0 Å². The predicted molar refractivity (Wildman–Crippen MR) is 134 cm³/mol. The number of aliphatic imine (C=N–C) groups is 1. The van der Waals surface area contributed by atoms with Crippen molar-refractivity contribution in [2.75, 3.05) is 6.54 Å². The van der Waals surface area contributed by atoms with E-state index >= 15 is 0 Å². The number of nitrogens with two attached hydrogens (primary N) is 3. The number of guanidine groups is 1. The molecule has 0 aromatic heterocycles. The zero-order chi connectivity index (χ0) is 28.2. The first-order chi connectivity index (χ1) is 17.3. The highest BCUT2D eigenvalue weighted by atomic mass is 16.7. The lowest BCUT2D eigenvalue weighted by molar-refractivity contribution is -0.645. The molecule has 0 aliphatic rings. The van der Waals surface area contributed by atoms with Crippen molar-refractivity contribution in [2.24, 2.45) is 22.2 Å². The molecule has 0 bridgehead atoms. The van der Waals surface area contributed by atoms with Crippen molar-refractivity contribution in [1.29, 1.82) is 0 Å². The van der Waals surface area contributed by atoms with Crippen molar-refractivity contribution < 1.29 is 29.3 Å². The van der Waals surface area contributed by atoms with Crippen molar-refractivity contribution in [1.82, 2.24) is 10.3 Å². The molecule has 1 aromatic carbocycles. The molecule has 1 aromatic rings. The number of benzene rings is 1. The van der Waals surface area contributed by atoms with E-state index in [4.69, 9.17) is 17.2 Å². The van der Waals surface area contributed by atoms with E-state index in [1.165, 1.54) is 6.92 Å². The molecule has 1 rings (SSSR count). The fraction of sp³-hybridized carbons (Fsp3) is 0.522. The van der Waals surface area contributed by atoms with Crippen LogP contribution in [0.15, 0.2) is 35.3 Å². The van der Waals surface area contributed by atoms with Crippen molar-refractivity contribution in [3.8, 4) is 0 Å². The van der Waals surface area contributed by atoms with Gasteiger partial charge in [-0.3, -0.25) is 19.4 Å². The van der Waals surface area contributed by atoms with Crippen LogP contribution >= 0.6 is 0 Å². The number of amides is 2. The standard InChI is InChI=1S/C23H35N7O7/c1-15(24)19(32)28-17(12-8-14-27-22(25)26)20(33)29(30(36)37)23(2,21(34)35)18(31)13-7-6-11-16-9-4-3-5-10-16/h3-5,9-10,15,17H,6-8,11-14,24H2,1-2H3,(H,28,32)(H,34,35)(H4,25,26,27)/t15-,17-,23-/m0/s1. The molecule has 3 atom stereocenters. The number of unbranched alkanes of at least 4 members (excludes halogenated alkanes) is 1. The molecular weight excluding hydrogens is 486 g/mol. The molecule has 0 spiro atoms. The Morgan fingerprint density at radius 3 is 2.30 bits per heavy atom. The van der Waals surface area contributed by atoms with E-state index in [1.54, 1.807) is 0 Å². The summed E-state index contributed by atoms with van der Waals surface area (Å²) in [7, 11) is 0. The molecular formula is C23H35N7O7. The van der Waals surface area contributed by atoms with E-state index in [0.717, 1.165) is 12.5 Å². The van der Waals surface area contributed by atoms with Crippen LogP contribution in [0.2, 0.25) is 0 Å². The highest BCUT2D eigenvalue weighted by Gasteiger charge is 2.57. The topological polar surface area (TPSA) is 237 Å². The summed E-state index contributed by atoms with van der Waals surface area (Å²) >= 11 is 0. The molecule has 0 saturated heterocycles. The minimum atomic E-state index is -2.82. The van der Waals surface area contributed by atoms with Gasteiger partial charge in [0, 0.05) is 13.0 Å². The molecule has 14 heteroatoms. The predicted octanol–water partition coefficient (Wildman–Crippen LogP) is -0.282. The summed E-state index contributed by atoms with van der Waals surface area (Å²) in [4.78, 5) is 66.4. The second-order valence-corrected chi connectivity index (χ2v) is 8.68. The van der Waals surface area contributed by atoms with Crippen molar-refractivity contribution in [2.45, 2.75) is 70.0 Å². The second-order valence-electron chi connectivity index (χ2n) is 8.68. The Morgan fingerprint density at radius 2 is 1.78 bits per heavy atom. The monoisotopic (exact) mass is 521 g/mol. The summed E-state index contributed by atoms with van der Waals surface area (Å²) in [5.74, 6) is -5.29. The number of ketones is 1. The third-order valence-corrected chi connectivity index (χ3v) is 5.69. The van der Waals surface area contributed by atoms with Crippen LogP contribution in [0, 0.1) is 10.1 Å². The maximum atomic E-state index is 13.3. The number of carbonyl (C=O) groups is 4. The van der Waals surface area contributed by atoms with E-state index in [-0.39, 0.29) is 43.2 Å². The number of nitrogens with zero attached hydrogens (tertiary/aromatic N) is 3. The number of rotatable bonds is 16. The van der Waals surface area contributed by atoms with Crippen molar-refractivity contribution in [3.05, 3.63) is 46.0 Å². The van der Waals surface area contributed by atoms with Gasteiger partial charge in [-0.2, -0.15) is 0 Å². The van der Waals surface area contributed by atoms with E-state index in [9.17, 15) is 34.4 Å². The largest absolute Gasteiger partial charge is 0.479 e. The minimum absolute atomic E-state index is 0.0369. The van der Waals surface area contributed by atoms with Gasteiger partial charge >= 0.3 is 11.9 Å². The van der Waals surface area contributed by atoms with Crippen LogP contribution < -0.4 is 22.5 Å². The number of aryl methyl sites for hydroxylation is 1. The van der Waals surface area contributed by atoms with Crippen LogP contribution in [-0.2, 0) is 25.6 Å². The number of carboxylic acid groups (broad SMARTS) is 1. The molecule has 0 aliphatic heterocycles. The Labute approximate surface area is 214 Å². The number of hydrogen-bond donors (Lipinski definition) is 5. The molecule has 0 heterocycles. The molecule has 8 N–H and O–H groups in total. The fourth-order valence-corrected chi connectivity index (χ4v) is 3.51. The van der Waals surface area contributed by atoms with Gasteiger partial charge in [0.25, 0.3) is 5.54 Å². The van der Waals surface area contributed by atoms with E-state index in [1.807, 2.05) is 30.3 Å². The first-order valence-electron chi connectivity index (χ1n) is 11.7. The number of carbonyl (C=O) groups excluding carboxylic acids is 3. The maximum Gasteiger partial charge on any atom is 0.343 e. The number of nitro groups is 1. The molecule has 2 amide bonds. The molecule has 37 heavy (non-hydrogen) atoms. The van der Waals surface area contributed by atoms with Crippen molar-refractivity contribution in [3.63, 3.8) is 0 Å². The third kappa shape index (κ3) is 9.14. The zero-order valence-corrected chi connectivity index (χ0v) is 21.0. The average molecular weight is 522 g/mol. The highest BCUT2D eigenvalue weighted by molar-refractivity contribution is 6.10. The van der Waals surface area contributed by atoms with Crippen LogP contribution in [0.3, 0.4) is 0 Å². The summed E-state index contributed by atoms with van der Waals surface area (Å²) in [6.07, 6.45) is 1.01. The molecule has 14 nitrogen and oxygen atoms in total. The Bertz CT molecular complexity index is 996. The SMILES string of the molecule is C[C@H](N)C(=O)N[C@@H](CCCN=C(N)N)C(=O)N([N+](=O)[O-])[C@](C)(C(=O)O)C(=O)CCCCc1ccccc1. The molecule has 0 fully saturated rings. The lowest BCUT2D eigenvalue weighted by Gasteiger charge is -2.31. The normalized spacial score (nSPS) is 13.9. The smallest absolute Gasteiger partial charge is 0.343 e. The summed E-state index contributed by atoms with van der Waals surface area (Å²) in [5.41, 5.74) is 14.3. The fourth-order valence-electron chi connectivity index (χ4n) is 3.51.